The second-order valence-electron chi connectivity index (χ2n) is 1.22. The van der Waals surface area contributed by atoms with Crippen LogP contribution in [-0.2, 0) is 9.47 Å². The molecule has 0 radical (unpaired) electrons. The van der Waals surface area contributed by atoms with Gasteiger partial charge < -0.3 is 9.47 Å². The minimum atomic E-state index is 0. The van der Waals surface area contributed by atoms with Gasteiger partial charge in [0.05, 0.1) is 26.4 Å². The number of rotatable bonds is 0. The Labute approximate surface area is 53.9 Å². The third kappa shape index (κ3) is 3.07. The minimum absolute atomic E-state index is 0. The minimum Gasteiger partial charge on any atom is -0.377 e. The van der Waals surface area contributed by atoms with Crippen molar-refractivity contribution in [3.05, 3.63) is 0 Å². The summed E-state index contributed by atoms with van der Waals surface area (Å²) in [4.78, 5) is 0. The zero-order chi connectivity index (χ0) is 4.24. The van der Waals surface area contributed by atoms with E-state index in [-0.39, 0.29) is 17.4 Å². The van der Waals surface area contributed by atoms with E-state index in [0.717, 1.165) is 26.4 Å². The molecule has 0 aromatic heterocycles. The maximum absolute atomic E-state index is 4.94. The molecule has 0 unspecified atom stereocenters. The van der Waals surface area contributed by atoms with Gasteiger partial charge in [0.15, 0.2) is 17.4 Å². The Balaban J connectivity index is 0.000000360. The summed E-state index contributed by atoms with van der Waals surface area (Å²) in [5.74, 6) is 0. The third-order valence-electron chi connectivity index (χ3n) is 0.744. The van der Waals surface area contributed by atoms with Crippen LogP contribution in [0, 0.1) is 0 Å². The van der Waals surface area contributed by atoms with Crippen molar-refractivity contribution in [2.75, 3.05) is 26.4 Å². The molecular weight excluding hydrogens is 107 g/mol. The standard InChI is InChI=1S/C4H8O2.Al.3H/c1-2-6-4-3-5-1;;;;/h1-4H2;;;;. The third-order valence-corrected chi connectivity index (χ3v) is 0.744. The highest BCUT2D eigenvalue weighted by Crippen LogP contribution is 1.85. The second-order valence-corrected chi connectivity index (χ2v) is 1.22. The van der Waals surface area contributed by atoms with Crippen LogP contribution in [0.2, 0.25) is 0 Å². The van der Waals surface area contributed by atoms with Gasteiger partial charge in [-0.1, -0.05) is 0 Å². The van der Waals surface area contributed by atoms with Gasteiger partial charge >= 0.3 is 0 Å². The van der Waals surface area contributed by atoms with Crippen LogP contribution in [0.15, 0.2) is 0 Å². The maximum Gasteiger partial charge on any atom is 0.187 e. The first-order valence-corrected chi connectivity index (χ1v) is 2.15. The van der Waals surface area contributed by atoms with Gasteiger partial charge in [-0.2, -0.15) is 0 Å². The molecule has 0 aromatic rings. The summed E-state index contributed by atoms with van der Waals surface area (Å²) < 4.78 is 9.89. The van der Waals surface area contributed by atoms with Gasteiger partial charge in [-0.05, 0) is 0 Å². The Hall–Kier alpha value is 0.452. The van der Waals surface area contributed by atoms with Gasteiger partial charge in [0.1, 0.15) is 0 Å². The molecule has 1 aliphatic rings. The van der Waals surface area contributed by atoms with E-state index < -0.39 is 0 Å². The molecule has 0 bridgehead atoms. The van der Waals surface area contributed by atoms with Gasteiger partial charge in [0.25, 0.3) is 0 Å². The van der Waals surface area contributed by atoms with Crippen LogP contribution >= 0.6 is 0 Å². The summed E-state index contributed by atoms with van der Waals surface area (Å²) in [7, 11) is 0. The topological polar surface area (TPSA) is 18.5 Å². The summed E-state index contributed by atoms with van der Waals surface area (Å²) in [5, 5.41) is 0. The maximum atomic E-state index is 4.94. The molecule has 1 rings (SSSR count). The number of hydrogen-bond acceptors (Lipinski definition) is 2. The lowest BCUT2D eigenvalue weighted by Crippen LogP contribution is -2.16. The smallest absolute Gasteiger partial charge is 0.187 e. The molecule has 1 fully saturated rings. The Morgan fingerprint density at radius 1 is 0.714 bits per heavy atom. The molecule has 0 saturated carbocycles. The lowest BCUT2D eigenvalue weighted by atomic mass is 10.6. The van der Waals surface area contributed by atoms with Crippen LogP contribution in [0.25, 0.3) is 0 Å². The van der Waals surface area contributed by atoms with E-state index in [4.69, 9.17) is 9.47 Å². The van der Waals surface area contributed by atoms with Crippen molar-refractivity contribution in [1.82, 2.24) is 0 Å². The molecule has 1 saturated heterocycles. The van der Waals surface area contributed by atoms with Crippen LogP contribution in [-0.4, -0.2) is 43.8 Å². The van der Waals surface area contributed by atoms with Crippen molar-refractivity contribution in [2.24, 2.45) is 0 Å². The summed E-state index contributed by atoms with van der Waals surface area (Å²) in [6.45, 7) is 3.11. The Morgan fingerprint density at radius 2 is 1.00 bits per heavy atom. The van der Waals surface area contributed by atoms with Crippen LogP contribution in [0.5, 0.6) is 0 Å². The molecule has 0 N–H and O–H groups in total. The quantitative estimate of drug-likeness (QED) is 0.374. The molecule has 3 heteroatoms. The molecule has 2 nitrogen and oxygen atoms in total. The first kappa shape index (κ1) is 7.45. The largest absolute Gasteiger partial charge is 0.377 e. The van der Waals surface area contributed by atoms with E-state index in [1.807, 2.05) is 0 Å². The Bertz CT molecular complexity index is 25.2. The van der Waals surface area contributed by atoms with E-state index in [0.29, 0.717) is 0 Å². The van der Waals surface area contributed by atoms with E-state index >= 15 is 0 Å². The molecular formula is C4H11AlO2. The van der Waals surface area contributed by atoms with E-state index in [2.05, 4.69) is 0 Å². The van der Waals surface area contributed by atoms with Crippen molar-refractivity contribution in [3.8, 4) is 0 Å². The fraction of sp³-hybridized carbons (Fsp3) is 1.00. The van der Waals surface area contributed by atoms with Crippen molar-refractivity contribution < 1.29 is 9.47 Å². The fourth-order valence-electron chi connectivity index (χ4n) is 0.440. The van der Waals surface area contributed by atoms with Gasteiger partial charge in [-0.25, -0.2) is 0 Å². The molecule has 0 spiro atoms. The SMILES string of the molecule is C1COCCO1.[AlH3]. The Morgan fingerprint density at radius 3 is 1.14 bits per heavy atom. The van der Waals surface area contributed by atoms with E-state index in [1.165, 1.54) is 0 Å². The van der Waals surface area contributed by atoms with Crippen LogP contribution in [0.1, 0.15) is 0 Å². The highest BCUT2D eigenvalue weighted by molar-refractivity contribution is 5.75. The fourth-order valence-corrected chi connectivity index (χ4v) is 0.440. The normalized spacial score (nSPS) is 20.6. The molecule has 1 heterocycles. The molecule has 0 aliphatic carbocycles. The van der Waals surface area contributed by atoms with Crippen molar-refractivity contribution in [1.29, 1.82) is 0 Å². The first-order valence-electron chi connectivity index (χ1n) is 2.15. The average Bonchev–Trinajstić information content (AvgIpc) is 1.72. The number of ether oxygens (including phenoxy) is 2. The molecule has 1 aliphatic heterocycles. The van der Waals surface area contributed by atoms with Crippen LogP contribution in [0.4, 0.5) is 0 Å². The predicted octanol–water partition coefficient (Wildman–Crippen LogP) is -1.15. The van der Waals surface area contributed by atoms with Crippen LogP contribution < -0.4 is 0 Å². The lowest BCUT2D eigenvalue weighted by molar-refractivity contribution is -0.0334. The summed E-state index contributed by atoms with van der Waals surface area (Å²) >= 11 is 0. The van der Waals surface area contributed by atoms with Crippen molar-refractivity contribution >= 4 is 17.4 Å². The molecule has 0 aromatic carbocycles. The Kier molecular flexibility index (Phi) is 4.91. The lowest BCUT2D eigenvalue weighted by Gasteiger charge is -2.09. The summed E-state index contributed by atoms with van der Waals surface area (Å²) in [6, 6.07) is 0. The highest BCUT2D eigenvalue weighted by atomic mass is 27.0. The average molecular weight is 118 g/mol. The monoisotopic (exact) mass is 118 g/mol. The van der Waals surface area contributed by atoms with Crippen molar-refractivity contribution in [3.63, 3.8) is 0 Å². The van der Waals surface area contributed by atoms with Gasteiger partial charge in [0.2, 0.25) is 0 Å². The van der Waals surface area contributed by atoms with Gasteiger partial charge in [-0.3, -0.25) is 0 Å². The molecule has 7 heavy (non-hydrogen) atoms. The van der Waals surface area contributed by atoms with Gasteiger partial charge in [0, 0.05) is 0 Å². The molecule has 42 valence electrons. The number of hydrogen-bond donors (Lipinski definition) is 0. The summed E-state index contributed by atoms with van der Waals surface area (Å²) in [5.41, 5.74) is 0. The zero-order valence-corrected chi connectivity index (χ0v) is 3.64. The zero-order valence-electron chi connectivity index (χ0n) is 3.64. The molecule has 0 amide bonds. The van der Waals surface area contributed by atoms with Crippen LogP contribution in [0.3, 0.4) is 0 Å². The molecule has 0 atom stereocenters. The van der Waals surface area contributed by atoms with Crippen molar-refractivity contribution in [2.45, 2.75) is 0 Å². The second kappa shape index (κ2) is 4.61. The first-order chi connectivity index (χ1) is 3.00. The highest BCUT2D eigenvalue weighted by Gasteiger charge is 1.94. The van der Waals surface area contributed by atoms with E-state index in [1.54, 1.807) is 0 Å². The predicted molar refractivity (Wildman–Crippen MR) is 31.6 cm³/mol. The van der Waals surface area contributed by atoms with E-state index in [9.17, 15) is 0 Å². The van der Waals surface area contributed by atoms with Gasteiger partial charge in [-0.15, -0.1) is 0 Å². The summed E-state index contributed by atoms with van der Waals surface area (Å²) in [6.07, 6.45) is 0.